The molecule has 30 heavy (non-hydrogen) atoms. The topological polar surface area (TPSA) is 87.7 Å². The lowest BCUT2D eigenvalue weighted by atomic mass is 10.2. The summed E-state index contributed by atoms with van der Waals surface area (Å²) in [6, 6.07) is 6.05. The Morgan fingerprint density at radius 1 is 1.10 bits per heavy atom. The van der Waals surface area contributed by atoms with Gasteiger partial charge in [0.1, 0.15) is 10.7 Å². The molecule has 1 aliphatic heterocycles. The predicted molar refractivity (Wildman–Crippen MR) is 99.3 cm³/mol. The quantitative estimate of drug-likeness (QED) is 0.515. The van der Waals surface area contributed by atoms with Crippen LogP contribution < -0.4 is 4.90 Å². The van der Waals surface area contributed by atoms with Crippen molar-refractivity contribution in [3.8, 4) is 0 Å². The molecule has 3 amide bonds. The van der Waals surface area contributed by atoms with Crippen LogP contribution in [0.5, 0.6) is 0 Å². The maximum Gasteiger partial charge on any atom is 0.501 e. The number of urea groups is 1. The van der Waals surface area contributed by atoms with Gasteiger partial charge < -0.3 is 4.90 Å². The number of hydrogen-bond donors (Lipinski definition) is 0. The van der Waals surface area contributed by atoms with Crippen LogP contribution in [-0.2, 0) is 21.2 Å². The van der Waals surface area contributed by atoms with E-state index in [0.717, 1.165) is 29.2 Å². The smallest absolute Gasteiger partial charge is 0.305 e. The molecule has 1 saturated carbocycles. The van der Waals surface area contributed by atoms with Gasteiger partial charge in [0.15, 0.2) is 0 Å². The largest absolute Gasteiger partial charge is 0.501 e. The molecular formula is C18H13ClF3N3O4S. The van der Waals surface area contributed by atoms with E-state index in [4.69, 9.17) is 11.6 Å². The van der Waals surface area contributed by atoms with E-state index in [2.05, 4.69) is 4.98 Å². The van der Waals surface area contributed by atoms with E-state index in [9.17, 15) is 31.2 Å². The molecule has 0 radical (unpaired) electrons. The van der Waals surface area contributed by atoms with Crippen LogP contribution in [-0.4, -0.2) is 41.3 Å². The van der Waals surface area contributed by atoms with Crippen LogP contribution in [0, 0.1) is 0 Å². The third kappa shape index (κ3) is 3.12. The fraction of sp³-hybridized carbons (Fsp3) is 0.278. The van der Waals surface area contributed by atoms with Gasteiger partial charge in [-0.05, 0) is 54.8 Å². The number of carbonyl (C=O) groups excluding carboxylic acids is 2. The minimum atomic E-state index is -5.53. The molecule has 1 aromatic carbocycles. The van der Waals surface area contributed by atoms with Crippen LogP contribution in [0.3, 0.4) is 0 Å². The van der Waals surface area contributed by atoms with Gasteiger partial charge in [0.25, 0.3) is 15.7 Å². The van der Waals surface area contributed by atoms with Crippen molar-refractivity contribution in [1.29, 1.82) is 0 Å². The Hall–Kier alpha value is -2.66. The second kappa shape index (κ2) is 6.67. The van der Waals surface area contributed by atoms with E-state index in [-0.39, 0.29) is 17.4 Å². The zero-order chi connectivity index (χ0) is 21.9. The molecule has 0 atom stereocenters. The average Bonchev–Trinajstić information content (AvgIpc) is 3.44. The molecule has 1 saturated heterocycles. The summed E-state index contributed by atoms with van der Waals surface area (Å²) in [6.45, 7) is 0.101. The Morgan fingerprint density at radius 3 is 2.27 bits per heavy atom. The number of carbonyl (C=O) groups is 2. The van der Waals surface area contributed by atoms with E-state index < -0.39 is 37.7 Å². The fourth-order valence-electron chi connectivity index (χ4n) is 3.39. The second-order valence-corrected chi connectivity index (χ2v) is 9.30. The monoisotopic (exact) mass is 459 g/mol. The van der Waals surface area contributed by atoms with Crippen molar-refractivity contribution in [3.05, 3.63) is 53.3 Å². The highest BCUT2D eigenvalue weighted by molar-refractivity contribution is 7.92. The highest BCUT2D eigenvalue weighted by atomic mass is 35.5. The zero-order valence-corrected chi connectivity index (χ0v) is 16.6. The number of aromatic nitrogens is 1. The van der Waals surface area contributed by atoms with Gasteiger partial charge in [0.2, 0.25) is 0 Å². The molecule has 1 aromatic heterocycles. The summed E-state index contributed by atoms with van der Waals surface area (Å²) in [4.78, 5) is 31.1. The molecular weight excluding hydrogens is 447 g/mol. The molecule has 2 aromatic rings. The van der Waals surface area contributed by atoms with E-state index in [0.29, 0.717) is 18.4 Å². The van der Waals surface area contributed by atoms with Gasteiger partial charge in [-0.2, -0.15) is 13.2 Å². The molecule has 4 rings (SSSR count). The minimum absolute atomic E-state index is 0.00680. The summed E-state index contributed by atoms with van der Waals surface area (Å²) < 4.78 is 61.2. The van der Waals surface area contributed by atoms with Crippen molar-refractivity contribution in [3.63, 3.8) is 0 Å². The van der Waals surface area contributed by atoms with Gasteiger partial charge in [-0.3, -0.25) is 4.79 Å². The van der Waals surface area contributed by atoms with Crippen LogP contribution in [0.4, 0.5) is 23.7 Å². The fourth-order valence-corrected chi connectivity index (χ4v) is 4.35. The van der Waals surface area contributed by atoms with E-state index >= 15 is 0 Å². The number of rotatable bonds is 4. The van der Waals surface area contributed by atoms with Gasteiger partial charge in [-0.1, -0.05) is 11.6 Å². The number of benzene rings is 1. The number of anilines is 1. The first-order valence-electron chi connectivity index (χ1n) is 8.65. The van der Waals surface area contributed by atoms with Gasteiger partial charge in [0, 0.05) is 12.7 Å². The Bertz CT molecular complexity index is 1150. The van der Waals surface area contributed by atoms with Crippen LogP contribution in [0.15, 0.2) is 47.5 Å². The highest BCUT2D eigenvalue weighted by Crippen LogP contribution is 2.49. The molecule has 12 heteroatoms. The Balaban J connectivity index is 1.64. The first kappa shape index (κ1) is 20.6. The molecule has 0 bridgehead atoms. The number of amides is 3. The van der Waals surface area contributed by atoms with Gasteiger partial charge in [-0.25, -0.2) is 23.1 Å². The SMILES string of the molecule is O=C1N(c2ccc(S(=O)(=O)C(F)(F)F)cc2)C(=O)C2(CC2)N1Cc1ccnc(Cl)c1. The molecule has 0 N–H and O–H groups in total. The number of nitrogens with zero attached hydrogens (tertiary/aromatic N) is 3. The Morgan fingerprint density at radius 2 is 1.73 bits per heavy atom. The predicted octanol–water partition coefficient (Wildman–Crippen LogP) is 3.53. The first-order valence-corrected chi connectivity index (χ1v) is 10.5. The van der Waals surface area contributed by atoms with Crippen molar-refractivity contribution in [2.45, 2.75) is 35.3 Å². The van der Waals surface area contributed by atoms with Gasteiger partial charge in [-0.15, -0.1) is 0 Å². The summed E-state index contributed by atoms with van der Waals surface area (Å²) >= 11 is 5.87. The lowest BCUT2D eigenvalue weighted by Crippen LogP contribution is -2.36. The summed E-state index contributed by atoms with van der Waals surface area (Å²) in [5.74, 6) is -0.501. The summed E-state index contributed by atoms with van der Waals surface area (Å²) in [5, 5.41) is 0.230. The molecule has 1 spiro atoms. The number of halogens is 4. The van der Waals surface area contributed by atoms with Gasteiger partial charge >= 0.3 is 11.5 Å². The Kier molecular flexibility index (Phi) is 4.58. The molecule has 0 unspecified atom stereocenters. The van der Waals surface area contributed by atoms with Crippen LogP contribution in [0.25, 0.3) is 0 Å². The Labute approximate surface area is 174 Å². The van der Waals surface area contributed by atoms with Crippen LogP contribution in [0.2, 0.25) is 5.15 Å². The summed E-state index contributed by atoms with van der Waals surface area (Å²) in [7, 11) is -5.53. The van der Waals surface area contributed by atoms with Crippen molar-refractivity contribution in [2.24, 2.45) is 0 Å². The molecule has 2 heterocycles. The molecule has 158 valence electrons. The first-order chi connectivity index (χ1) is 14.0. The van der Waals surface area contributed by atoms with Crippen LogP contribution in [0.1, 0.15) is 18.4 Å². The molecule has 2 aliphatic rings. The second-order valence-electron chi connectivity index (χ2n) is 6.97. The third-order valence-corrected chi connectivity index (χ3v) is 6.81. The maximum atomic E-state index is 13.0. The van der Waals surface area contributed by atoms with E-state index in [1.165, 1.54) is 11.1 Å². The summed E-state index contributed by atoms with van der Waals surface area (Å²) in [5.41, 5.74) is -5.80. The minimum Gasteiger partial charge on any atom is -0.305 e. The number of pyridine rings is 1. The van der Waals surface area contributed by atoms with Crippen molar-refractivity contribution in [2.75, 3.05) is 4.90 Å². The molecule has 7 nitrogen and oxygen atoms in total. The zero-order valence-electron chi connectivity index (χ0n) is 15.1. The molecule has 1 aliphatic carbocycles. The normalized spacial score (nSPS) is 18.4. The standard InChI is InChI=1S/C18H13ClF3N3O4S/c19-14-9-11(5-8-23-14)10-24-16(27)25(15(26)17(24)6-7-17)12-1-3-13(4-2-12)30(28,29)18(20,21)22/h1-5,8-9H,6-7,10H2. The van der Waals surface area contributed by atoms with Crippen LogP contribution >= 0.6 is 11.6 Å². The highest BCUT2D eigenvalue weighted by Gasteiger charge is 2.65. The van der Waals surface area contributed by atoms with E-state index in [1.54, 1.807) is 12.1 Å². The number of hydrogen-bond acceptors (Lipinski definition) is 5. The van der Waals surface area contributed by atoms with Gasteiger partial charge in [0.05, 0.1) is 10.6 Å². The lowest BCUT2D eigenvalue weighted by Gasteiger charge is -2.21. The lowest BCUT2D eigenvalue weighted by molar-refractivity contribution is -0.120. The summed E-state index contributed by atoms with van der Waals surface area (Å²) in [6.07, 6.45) is 2.37. The number of imide groups is 1. The van der Waals surface area contributed by atoms with Crippen molar-refractivity contribution >= 4 is 39.1 Å². The average molecular weight is 460 g/mol. The number of alkyl halides is 3. The van der Waals surface area contributed by atoms with Crippen molar-refractivity contribution in [1.82, 2.24) is 9.88 Å². The van der Waals surface area contributed by atoms with E-state index in [1.807, 2.05) is 0 Å². The molecule has 2 fully saturated rings. The maximum absolute atomic E-state index is 13.0. The number of sulfone groups is 1. The third-order valence-electron chi connectivity index (χ3n) is 5.11. The van der Waals surface area contributed by atoms with Crippen molar-refractivity contribution < 1.29 is 31.2 Å².